The van der Waals surface area contributed by atoms with Crippen LogP contribution in [0.4, 0.5) is 0 Å². The standard InChI is InChI=1S/C17H31N3O3S.ClH/c1-17(2,3)16(22)20-12-24-11-14(20)15(21)19-8-5-13(6-9-19)23-10-4-7-18;/h13-14H,4-12,18H2,1-3H3;1H. The van der Waals surface area contributed by atoms with Crippen LogP contribution < -0.4 is 5.73 Å². The van der Waals surface area contributed by atoms with E-state index in [1.54, 1.807) is 16.7 Å². The third-order valence-electron chi connectivity index (χ3n) is 4.53. The molecule has 8 heteroatoms. The van der Waals surface area contributed by atoms with Crippen LogP contribution >= 0.6 is 24.2 Å². The molecular formula is C17H32ClN3O3S. The highest BCUT2D eigenvalue weighted by molar-refractivity contribution is 7.99. The van der Waals surface area contributed by atoms with E-state index in [4.69, 9.17) is 10.5 Å². The lowest BCUT2D eigenvalue weighted by atomic mass is 9.94. The van der Waals surface area contributed by atoms with E-state index in [9.17, 15) is 9.59 Å². The average molecular weight is 394 g/mol. The molecule has 2 N–H and O–H groups in total. The first-order chi connectivity index (χ1) is 11.3. The maximum Gasteiger partial charge on any atom is 0.246 e. The van der Waals surface area contributed by atoms with Crippen molar-refractivity contribution in [3.05, 3.63) is 0 Å². The Morgan fingerprint density at radius 2 is 1.88 bits per heavy atom. The fourth-order valence-electron chi connectivity index (χ4n) is 3.07. The molecule has 2 saturated heterocycles. The molecule has 2 rings (SSSR count). The van der Waals surface area contributed by atoms with Crippen LogP contribution in [0, 0.1) is 5.41 Å². The molecule has 1 unspecified atom stereocenters. The van der Waals surface area contributed by atoms with Crippen molar-refractivity contribution in [3.8, 4) is 0 Å². The monoisotopic (exact) mass is 393 g/mol. The molecule has 6 nitrogen and oxygen atoms in total. The molecule has 2 aliphatic rings. The third-order valence-corrected chi connectivity index (χ3v) is 5.54. The fraction of sp³-hybridized carbons (Fsp3) is 0.882. The summed E-state index contributed by atoms with van der Waals surface area (Å²) in [5, 5.41) is 0. The molecule has 2 fully saturated rings. The van der Waals surface area contributed by atoms with Crippen LogP contribution in [0.3, 0.4) is 0 Å². The van der Waals surface area contributed by atoms with Crippen LogP contribution in [0.15, 0.2) is 0 Å². The number of nitrogens with two attached hydrogens (primary N) is 1. The molecule has 146 valence electrons. The first kappa shape index (κ1) is 22.5. The Morgan fingerprint density at radius 3 is 2.44 bits per heavy atom. The summed E-state index contributed by atoms with van der Waals surface area (Å²) in [4.78, 5) is 29.1. The summed E-state index contributed by atoms with van der Waals surface area (Å²) >= 11 is 1.66. The molecule has 2 heterocycles. The van der Waals surface area contributed by atoms with E-state index in [-0.39, 0.29) is 36.4 Å². The number of carbonyl (C=O) groups excluding carboxylic acids is 2. The molecule has 0 aromatic carbocycles. The number of carbonyl (C=O) groups is 2. The lowest BCUT2D eigenvalue weighted by molar-refractivity contribution is -0.149. The molecule has 2 amide bonds. The molecule has 0 saturated carbocycles. The van der Waals surface area contributed by atoms with Gasteiger partial charge in [0.15, 0.2) is 0 Å². The van der Waals surface area contributed by atoms with Crippen LogP contribution in [0.2, 0.25) is 0 Å². The number of piperidine rings is 1. The predicted octanol–water partition coefficient (Wildman–Crippen LogP) is 1.71. The Kier molecular flexibility index (Phi) is 9.01. The van der Waals surface area contributed by atoms with Gasteiger partial charge in [-0.3, -0.25) is 9.59 Å². The van der Waals surface area contributed by atoms with Gasteiger partial charge in [0.1, 0.15) is 6.04 Å². The van der Waals surface area contributed by atoms with Crippen LogP contribution in [0.5, 0.6) is 0 Å². The van der Waals surface area contributed by atoms with E-state index in [1.807, 2.05) is 25.7 Å². The van der Waals surface area contributed by atoms with Crippen LogP contribution in [-0.2, 0) is 14.3 Å². The number of likely N-dealkylation sites (tertiary alicyclic amines) is 1. The van der Waals surface area contributed by atoms with E-state index >= 15 is 0 Å². The van der Waals surface area contributed by atoms with Crippen LogP contribution in [0.25, 0.3) is 0 Å². The van der Waals surface area contributed by atoms with Crippen molar-refractivity contribution in [3.63, 3.8) is 0 Å². The Morgan fingerprint density at radius 1 is 1.24 bits per heavy atom. The van der Waals surface area contributed by atoms with Gasteiger partial charge in [-0.25, -0.2) is 0 Å². The summed E-state index contributed by atoms with van der Waals surface area (Å²) in [6.07, 6.45) is 2.83. The second kappa shape index (κ2) is 10.00. The van der Waals surface area contributed by atoms with Crippen molar-refractivity contribution in [1.82, 2.24) is 9.80 Å². The minimum Gasteiger partial charge on any atom is -0.378 e. The van der Waals surface area contributed by atoms with Crippen molar-refractivity contribution in [1.29, 1.82) is 0 Å². The Bertz CT molecular complexity index is 451. The summed E-state index contributed by atoms with van der Waals surface area (Å²) in [6, 6.07) is -0.309. The molecule has 0 radical (unpaired) electrons. The molecule has 0 aliphatic carbocycles. The van der Waals surface area contributed by atoms with E-state index in [1.165, 1.54) is 0 Å². The van der Waals surface area contributed by atoms with Crippen molar-refractivity contribution in [2.75, 3.05) is 37.9 Å². The summed E-state index contributed by atoms with van der Waals surface area (Å²) in [6.45, 7) is 8.49. The molecule has 25 heavy (non-hydrogen) atoms. The highest BCUT2D eigenvalue weighted by atomic mass is 35.5. The second-order valence-electron chi connectivity index (χ2n) is 7.58. The normalized spacial score (nSPS) is 22.0. The molecule has 2 aliphatic heterocycles. The molecule has 0 aromatic rings. The van der Waals surface area contributed by atoms with Gasteiger partial charge in [0.05, 0.1) is 12.0 Å². The number of amides is 2. The zero-order valence-electron chi connectivity index (χ0n) is 15.5. The first-order valence-electron chi connectivity index (χ1n) is 8.84. The zero-order valence-corrected chi connectivity index (χ0v) is 17.2. The van der Waals surface area contributed by atoms with Crippen molar-refractivity contribution in [2.45, 2.75) is 52.2 Å². The highest BCUT2D eigenvalue weighted by Crippen LogP contribution is 2.29. The third kappa shape index (κ3) is 6.01. The van der Waals surface area contributed by atoms with Crippen LogP contribution in [0.1, 0.15) is 40.0 Å². The van der Waals surface area contributed by atoms with E-state index < -0.39 is 5.41 Å². The Hall–Kier alpha value is -0.500. The van der Waals surface area contributed by atoms with Gasteiger partial charge in [0.25, 0.3) is 0 Å². The maximum atomic E-state index is 12.9. The number of nitrogens with zero attached hydrogens (tertiary/aromatic N) is 2. The highest BCUT2D eigenvalue weighted by Gasteiger charge is 2.41. The summed E-state index contributed by atoms with van der Waals surface area (Å²) < 4.78 is 5.79. The van der Waals surface area contributed by atoms with Gasteiger partial charge in [0, 0.05) is 30.9 Å². The van der Waals surface area contributed by atoms with E-state index in [0.29, 0.717) is 37.9 Å². The molecular weight excluding hydrogens is 362 g/mol. The summed E-state index contributed by atoms with van der Waals surface area (Å²) in [5.74, 6) is 1.47. The molecule has 1 atom stereocenters. The van der Waals surface area contributed by atoms with E-state index in [2.05, 4.69) is 0 Å². The predicted molar refractivity (Wildman–Crippen MR) is 104 cm³/mol. The smallest absolute Gasteiger partial charge is 0.246 e. The number of ether oxygens (including phenoxy) is 1. The van der Waals surface area contributed by atoms with Gasteiger partial charge in [-0.2, -0.15) is 0 Å². The average Bonchev–Trinajstić information content (AvgIpc) is 3.03. The number of hydrogen-bond donors (Lipinski definition) is 1. The van der Waals surface area contributed by atoms with Gasteiger partial charge < -0.3 is 20.3 Å². The topological polar surface area (TPSA) is 75.9 Å². The quantitative estimate of drug-likeness (QED) is 0.719. The SMILES string of the molecule is CC(C)(C)C(=O)N1CSCC1C(=O)N1CCC(OCCCN)CC1.Cl. The van der Waals surface area contributed by atoms with Gasteiger partial charge in [0.2, 0.25) is 11.8 Å². The number of rotatable bonds is 5. The maximum absolute atomic E-state index is 12.9. The Balaban J connectivity index is 0.00000312. The van der Waals surface area contributed by atoms with Gasteiger partial charge in [-0.1, -0.05) is 20.8 Å². The van der Waals surface area contributed by atoms with Gasteiger partial charge >= 0.3 is 0 Å². The lowest BCUT2D eigenvalue weighted by Gasteiger charge is -2.36. The molecule has 0 spiro atoms. The number of hydrogen-bond acceptors (Lipinski definition) is 5. The first-order valence-corrected chi connectivity index (χ1v) is 9.99. The fourth-order valence-corrected chi connectivity index (χ4v) is 4.21. The number of halogens is 1. The summed E-state index contributed by atoms with van der Waals surface area (Å²) in [5.41, 5.74) is 5.03. The van der Waals surface area contributed by atoms with Crippen molar-refractivity contribution in [2.24, 2.45) is 11.1 Å². The van der Waals surface area contributed by atoms with Crippen LogP contribution in [-0.4, -0.2) is 71.6 Å². The van der Waals surface area contributed by atoms with Gasteiger partial charge in [-0.15, -0.1) is 24.2 Å². The minimum atomic E-state index is -0.451. The summed E-state index contributed by atoms with van der Waals surface area (Å²) in [7, 11) is 0. The number of thioether (sulfide) groups is 1. The molecule has 0 aromatic heterocycles. The second-order valence-corrected chi connectivity index (χ2v) is 8.58. The Labute approximate surface area is 161 Å². The van der Waals surface area contributed by atoms with Gasteiger partial charge in [-0.05, 0) is 25.8 Å². The van der Waals surface area contributed by atoms with E-state index in [0.717, 1.165) is 19.3 Å². The molecule has 0 bridgehead atoms. The van der Waals surface area contributed by atoms with Crippen molar-refractivity contribution >= 4 is 36.0 Å². The minimum absolute atomic E-state index is 0. The zero-order chi connectivity index (χ0) is 17.7. The van der Waals surface area contributed by atoms with Crippen molar-refractivity contribution < 1.29 is 14.3 Å². The largest absolute Gasteiger partial charge is 0.378 e. The lowest BCUT2D eigenvalue weighted by Crippen LogP contribution is -2.53.